The van der Waals surface area contributed by atoms with Crippen molar-refractivity contribution in [2.75, 3.05) is 6.54 Å². The molecule has 2 aliphatic carbocycles. The number of hydrogen-bond donors (Lipinski definition) is 4. The zero-order valence-electron chi connectivity index (χ0n) is 23.9. The molecular weight excluding hydrogens is 530 g/mol. The standard InChI is InChI=1S/C29H41N5O7/c1-17(2)23(32-26(37)24(31-18(3)35)19-7-5-4-6-8-19)27(38)34-16-21(41-20-9-13-30-14-10-20)15-22(34)25(36)33-29(11-12-29)28(39)40/h9-10,13-14,17,19,21-24H,4-8,11-12,15-16H2,1-3H3,(H,31,35)(H,32,37)(H,33,36)(H,39,40)/t21-,22+,23+,24+/m1/s1. The molecule has 1 aromatic heterocycles. The average molecular weight is 572 g/mol. The fourth-order valence-electron chi connectivity index (χ4n) is 5.84. The number of carbonyl (C=O) groups is 5. The maximum atomic E-state index is 14.0. The lowest BCUT2D eigenvalue weighted by atomic mass is 9.83. The van der Waals surface area contributed by atoms with Gasteiger partial charge in [-0.25, -0.2) is 4.79 Å². The number of rotatable bonds is 11. The summed E-state index contributed by atoms with van der Waals surface area (Å²) in [5.41, 5.74) is -1.31. The van der Waals surface area contributed by atoms with Crippen LogP contribution in [0.2, 0.25) is 0 Å². The first-order valence-corrected chi connectivity index (χ1v) is 14.5. The van der Waals surface area contributed by atoms with Crippen LogP contribution in [0.5, 0.6) is 5.75 Å². The highest BCUT2D eigenvalue weighted by Crippen LogP contribution is 2.36. The summed E-state index contributed by atoms with van der Waals surface area (Å²) in [4.78, 5) is 70.0. The molecule has 4 amide bonds. The molecule has 12 nitrogen and oxygen atoms in total. The maximum Gasteiger partial charge on any atom is 0.329 e. The van der Waals surface area contributed by atoms with Crippen molar-refractivity contribution in [2.24, 2.45) is 11.8 Å². The van der Waals surface area contributed by atoms with Crippen LogP contribution in [0.15, 0.2) is 24.5 Å². The van der Waals surface area contributed by atoms with Crippen LogP contribution in [0.4, 0.5) is 0 Å². The molecule has 1 aromatic rings. The van der Waals surface area contributed by atoms with Crippen molar-refractivity contribution in [3.05, 3.63) is 24.5 Å². The van der Waals surface area contributed by atoms with E-state index in [0.29, 0.717) is 18.6 Å². The number of aromatic nitrogens is 1. The molecular formula is C29H41N5O7. The number of amides is 4. The molecule has 12 heteroatoms. The Morgan fingerprint density at radius 2 is 1.71 bits per heavy atom. The third-order valence-electron chi connectivity index (χ3n) is 8.32. The molecule has 1 aliphatic heterocycles. The third kappa shape index (κ3) is 7.34. The average Bonchev–Trinajstić information content (AvgIpc) is 3.61. The van der Waals surface area contributed by atoms with E-state index < -0.39 is 53.5 Å². The molecule has 41 heavy (non-hydrogen) atoms. The second kappa shape index (κ2) is 12.9. The second-order valence-electron chi connectivity index (χ2n) is 11.8. The van der Waals surface area contributed by atoms with Crippen molar-refractivity contribution in [1.29, 1.82) is 0 Å². The Kier molecular flexibility index (Phi) is 9.49. The van der Waals surface area contributed by atoms with Gasteiger partial charge in [0.25, 0.3) is 0 Å². The predicted molar refractivity (Wildman–Crippen MR) is 147 cm³/mol. The maximum absolute atomic E-state index is 14.0. The van der Waals surface area contributed by atoms with Crippen LogP contribution in [0.25, 0.3) is 0 Å². The molecule has 224 valence electrons. The minimum Gasteiger partial charge on any atom is -0.488 e. The van der Waals surface area contributed by atoms with Gasteiger partial charge in [-0.2, -0.15) is 0 Å². The van der Waals surface area contributed by atoms with E-state index >= 15 is 0 Å². The van der Waals surface area contributed by atoms with Crippen molar-refractivity contribution in [3.63, 3.8) is 0 Å². The van der Waals surface area contributed by atoms with Gasteiger partial charge < -0.3 is 30.7 Å². The molecule has 4 rings (SSSR count). The van der Waals surface area contributed by atoms with Crippen LogP contribution in [0.1, 0.15) is 72.1 Å². The second-order valence-corrected chi connectivity index (χ2v) is 11.8. The summed E-state index contributed by atoms with van der Waals surface area (Å²) in [7, 11) is 0. The number of carboxylic acids is 1. The van der Waals surface area contributed by atoms with E-state index in [-0.39, 0.29) is 30.7 Å². The zero-order chi connectivity index (χ0) is 29.7. The van der Waals surface area contributed by atoms with Crippen molar-refractivity contribution in [2.45, 2.75) is 102 Å². The number of ether oxygens (including phenoxy) is 1. The van der Waals surface area contributed by atoms with E-state index in [1.807, 2.05) is 0 Å². The third-order valence-corrected chi connectivity index (χ3v) is 8.32. The lowest BCUT2D eigenvalue weighted by Gasteiger charge is -2.34. The molecule has 0 bridgehead atoms. The van der Waals surface area contributed by atoms with Gasteiger partial charge in [-0.3, -0.25) is 24.2 Å². The first-order valence-electron chi connectivity index (χ1n) is 14.5. The summed E-state index contributed by atoms with van der Waals surface area (Å²) < 4.78 is 6.05. The van der Waals surface area contributed by atoms with Gasteiger partial charge in [-0.15, -0.1) is 0 Å². The number of nitrogens with one attached hydrogen (secondary N) is 3. The molecule has 2 saturated carbocycles. The lowest BCUT2D eigenvalue weighted by Crippen LogP contribution is -2.60. The lowest BCUT2D eigenvalue weighted by molar-refractivity contribution is -0.146. The van der Waals surface area contributed by atoms with Crippen molar-refractivity contribution in [1.82, 2.24) is 25.8 Å². The van der Waals surface area contributed by atoms with E-state index in [1.165, 1.54) is 11.8 Å². The highest BCUT2D eigenvalue weighted by molar-refractivity contribution is 5.96. The molecule has 0 spiro atoms. The molecule has 3 aliphatic rings. The van der Waals surface area contributed by atoms with Crippen molar-refractivity contribution < 1.29 is 33.8 Å². The monoisotopic (exact) mass is 571 g/mol. The summed E-state index contributed by atoms with van der Waals surface area (Å²) in [5, 5.41) is 17.9. The fraction of sp³-hybridized carbons (Fsp3) is 0.655. The summed E-state index contributed by atoms with van der Waals surface area (Å²) in [6.45, 7) is 5.05. The van der Waals surface area contributed by atoms with Crippen LogP contribution in [0, 0.1) is 11.8 Å². The topological polar surface area (TPSA) is 167 Å². The number of hydrogen-bond acceptors (Lipinski definition) is 7. The van der Waals surface area contributed by atoms with Gasteiger partial charge in [0.2, 0.25) is 23.6 Å². The van der Waals surface area contributed by atoms with E-state index in [0.717, 1.165) is 32.1 Å². The Balaban J connectivity index is 1.54. The zero-order valence-corrected chi connectivity index (χ0v) is 23.9. The van der Waals surface area contributed by atoms with E-state index in [9.17, 15) is 29.1 Å². The molecule has 0 aromatic carbocycles. The van der Waals surface area contributed by atoms with Gasteiger partial charge in [0.05, 0.1) is 6.54 Å². The number of pyridine rings is 1. The molecule has 3 fully saturated rings. The number of carbonyl (C=O) groups excluding carboxylic acids is 4. The Morgan fingerprint density at radius 3 is 2.27 bits per heavy atom. The normalized spacial score (nSPS) is 23.3. The number of carboxylic acid groups (broad SMARTS) is 1. The summed E-state index contributed by atoms with van der Waals surface area (Å²) >= 11 is 0. The van der Waals surface area contributed by atoms with Crippen LogP contribution >= 0.6 is 0 Å². The van der Waals surface area contributed by atoms with Crippen LogP contribution in [0.3, 0.4) is 0 Å². The molecule has 4 atom stereocenters. The van der Waals surface area contributed by atoms with Gasteiger partial charge in [0.15, 0.2) is 0 Å². The quantitative estimate of drug-likeness (QED) is 0.309. The van der Waals surface area contributed by atoms with Gasteiger partial charge in [-0.1, -0.05) is 33.1 Å². The summed E-state index contributed by atoms with van der Waals surface area (Å²) in [5.74, 6) is -2.69. The Bertz CT molecular complexity index is 1130. The smallest absolute Gasteiger partial charge is 0.329 e. The Morgan fingerprint density at radius 1 is 1.05 bits per heavy atom. The minimum atomic E-state index is -1.31. The summed E-state index contributed by atoms with van der Waals surface area (Å²) in [6.07, 6.45) is 8.07. The highest BCUT2D eigenvalue weighted by atomic mass is 16.5. The first-order chi connectivity index (χ1) is 19.5. The van der Waals surface area contributed by atoms with Gasteiger partial charge in [0.1, 0.15) is 35.5 Å². The highest BCUT2D eigenvalue weighted by Gasteiger charge is 2.54. The van der Waals surface area contributed by atoms with Crippen molar-refractivity contribution in [3.8, 4) is 5.75 Å². The van der Waals surface area contributed by atoms with E-state index in [2.05, 4.69) is 20.9 Å². The van der Waals surface area contributed by atoms with Gasteiger partial charge >= 0.3 is 5.97 Å². The molecule has 2 heterocycles. The number of likely N-dealkylation sites (tertiary alicyclic amines) is 1. The van der Waals surface area contributed by atoms with E-state index in [4.69, 9.17) is 4.74 Å². The Hall–Kier alpha value is -3.70. The molecule has 4 N–H and O–H groups in total. The molecule has 1 saturated heterocycles. The van der Waals surface area contributed by atoms with Crippen LogP contribution in [-0.2, 0) is 24.0 Å². The predicted octanol–water partition coefficient (Wildman–Crippen LogP) is 1.39. The van der Waals surface area contributed by atoms with E-state index in [1.54, 1.807) is 38.4 Å². The van der Waals surface area contributed by atoms with Crippen molar-refractivity contribution >= 4 is 29.6 Å². The molecule has 0 unspecified atom stereocenters. The van der Waals surface area contributed by atoms with Crippen LogP contribution < -0.4 is 20.7 Å². The Labute approximate surface area is 240 Å². The largest absolute Gasteiger partial charge is 0.488 e. The number of aliphatic carboxylic acids is 1. The summed E-state index contributed by atoms with van der Waals surface area (Å²) in [6, 6.07) is 0.648. The van der Waals surface area contributed by atoms with Crippen LogP contribution in [-0.4, -0.2) is 80.9 Å². The van der Waals surface area contributed by atoms with Gasteiger partial charge in [-0.05, 0) is 49.7 Å². The SMILES string of the molecule is CC(=O)N[C@H](C(=O)N[C@H](C(=O)N1C[C@H](Oc2ccncc2)C[C@H]1C(=O)NC1(C(=O)O)CC1)C(C)C)C1CCCCC1. The minimum absolute atomic E-state index is 0.0234. The first kappa shape index (κ1) is 30.3. The molecule has 0 radical (unpaired) electrons. The fourth-order valence-corrected chi connectivity index (χ4v) is 5.84. The number of nitrogens with zero attached hydrogens (tertiary/aromatic N) is 2. The van der Waals surface area contributed by atoms with Gasteiger partial charge in [0, 0.05) is 25.7 Å².